The molecule has 0 aliphatic heterocycles. The SMILES string of the molecule is NC1(C(=O)Nc2cc(Br)cnc2Cl)CCC1. The van der Waals surface area contributed by atoms with E-state index in [0.29, 0.717) is 5.69 Å². The summed E-state index contributed by atoms with van der Waals surface area (Å²) in [6.07, 6.45) is 4.00. The lowest BCUT2D eigenvalue weighted by atomic mass is 9.77. The number of amides is 1. The Balaban J connectivity index is 2.14. The number of halogens is 2. The van der Waals surface area contributed by atoms with Gasteiger partial charge in [0.05, 0.1) is 11.2 Å². The molecule has 0 aromatic carbocycles. The minimum Gasteiger partial charge on any atom is -0.322 e. The van der Waals surface area contributed by atoms with Crippen LogP contribution >= 0.6 is 27.5 Å². The van der Waals surface area contributed by atoms with Gasteiger partial charge in [0.15, 0.2) is 5.15 Å². The summed E-state index contributed by atoms with van der Waals surface area (Å²) in [6, 6.07) is 1.70. The molecular formula is C10H11BrClN3O. The van der Waals surface area contributed by atoms with Crippen LogP contribution in [0, 0.1) is 0 Å². The maximum absolute atomic E-state index is 11.8. The molecule has 1 saturated carbocycles. The molecule has 0 unspecified atom stereocenters. The molecule has 0 spiro atoms. The standard InChI is InChI=1S/C10H11BrClN3O/c11-6-4-7(8(12)14-5-6)15-9(16)10(13)2-1-3-10/h4-5H,1-3,13H2,(H,15,16). The van der Waals surface area contributed by atoms with E-state index in [1.54, 1.807) is 12.3 Å². The highest BCUT2D eigenvalue weighted by Gasteiger charge is 2.40. The van der Waals surface area contributed by atoms with E-state index in [1.165, 1.54) is 0 Å². The summed E-state index contributed by atoms with van der Waals surface area (Å²) in [5.74, 6) is -0.194. The van der Waals surface area contributed by atoms with Crippen LogP contribution in [0.4, 0.5) is 5.69 Å². The van der Waals surface area contributed by atoms with E-state index in [1.807, 2.05) is 0 Å². The number of rotatable bonds is 2. The first-order chi connectivity index (χ1) is 7.51. The average molecular weight is 305 g/mol. The van der Waals surface area contributed by atoms with Crippen molar-refractivity contribution in [3.8, 4) is 0 Å². The number of hydrogen-bond donors (Lipinski definition) is 2. The van der Waals surface area contributed by atoms with Crippen molar-refractivity contribution in [3.05, 3.63) is 21.9 Å². The number of carbonyl (C=O) groups is 1. The molecule has 4 nitrogen and oxygen atoms in total. The van der Waals surface area contributed by atoms with E-state index >= 15 is 0 Å². The summed E-state index contributed by atoms with van der Waals surface area (Å²) in [5.41, 5.74) is 5.65. The molecule has 1 amide bonds. The third kappa shape index (κ3) is 2.21. The Morgan fingerprint density at radius 1 is 1.62 bits per heavy atom. The van der Waals surface area contributed by atoms with Crippen molar-refractivity contribution in [1.29, 1.82) is 0 Å². The fourth-order valence-corrected chi connectivity index (χ4v) is 2.02. The average Bonchev–Trinajstić information content (AvgIpc) is 2.20. The van der Waals surface area contributed by atoms with Crippen molar-refractivity contribution in [2.75, 3.05) is 5.32 Å². The van der Waals surface area contributed by atoms with E-state index in [0.717, 1.165) is 23.7 Å². The van der Waals surface area contributed by atoms with Crippen LogP contribution in [0.5, 0.6) is 0 Å². The van der Waals surface area contributed by atoms with Gasteiger partial charge in [-0.05, 0) is 41.3 Å². The Morgan fingerprint density at radius 3 is 2.88 bits per heavy atom. The third-order valence-electron chi connectivity index (χ3n) is 2.75. The molecular weight excluding hydrogens is 293 g/mol. The lowest BCUT2D eigenvalue weighted by Crippen LogP contribution is -2.56. The van der Waals surface area contributed by atoms with E-state index in [-0.39, 0.29) is 11.1 Å². The van der Waals surface area contributed by atoms with Gasteiger partial charge in [0.25, 0.3) is 0 Å². The Morgan fingerprint density at radius 2 is 2.31 bits per heavy atom. The number of nitrogens with two attached hydrogens (primary N) is 1. The van der Waals surface area contributed by atoms with Crippen LogP contribution < -0.4 is 11.1 Å². The zero-order valence-electron chi connectivity index (χ0n) is 8.46. The predicted molar refractivity (Wildman–Crippen MR) is 66.3 cm³/mol. The molecule has 6 heteroatoms. The van der Waals surface area contributed by atoms with E-state index in [9.17, 15) is 4.79 Å². The van der Waals surface area contributed by atoms with Crippen LogP contribution in [0.15, 0.2) is 16.7 Å². The van der Waals surface area contributed by atoms with Gasteiger partial charge in [0, 0.05) is 10.7 Å². The lowest BCUT2D eigenvalue weighted by molar-refractivity contribution is -0.123. The number of aromatic nitrogens is 1. The molecule has 16 heavy (non-hydrogen) atoms. The van der Waals surface area contributed by atoms with Crippen molar-refractivity contribution in [2.24, 2.45) is 5.73 Å². The molecule has 1 aliphatic carbocycles. The van der Waals surface area contributed by atoms with Gasteiger partial charge in [-0.25, -0.2) is 4.98 Å². The minimum atomic E-state index is -0.731. The maximum atomic E-state index is 11.8. The predicted octanol–water partition coefficient (Wildman–Crippen LogP) is 2.32. The Hall–Kier alpha value is -0.650. The van der Waals surface area contributed by atoms with E-state index < -0.39 is 5.54 Å². The number of anilines is 1. The normalized spacial score (nSPS) is 17.7. The number of pyridine rings is 1. The molecule has 0 radical (unpaired) electrons. The molecule has 2 rings (SSSR count). The lowest BCUT2D eigenvalue weighted by Gasteiger charge is -2.36. The van der Waals surface area contributed by atoms with Crippen molar-refractivity contribution < 1.29 is 4.79 Å². The van der Waals surface area contributed by atoms with Crippen LogP contribution in [0.2, 0.25) is 5.15 Å². The first-order valence-corrected chi connectivity index (χ1v) is 6.10. The quantitative estimate of drug-likeness (QED) is 0.824. The number of nitrogens with one attached hydrogen (secondary N) is 1. The fourth-order valence-electron chi connectivity index (χ4n) is 1.54. The van der Waals surface area contributed by atoms with Gasteiger partial charge in [0.2, 0.25) is 5.91 Å². The second kappa shape index (κ2) is 4.31. The first-order valence-electron chi connectivity index (χ1n) is 4.93. The zero-order chi connectivity index (χ0) is 11.8. The monoisotopic (exact) mass is 303 g/mol. The third-order valence-corrected chi connectivity index (χ3v) is 3.49. The molecule has 0 bridgehead atoms. The van der Waals surface area contributed by atoms with Crippen molar-refractivity contribution in [2.45, 2.75) is 24.8 Å². The van der Waals surface area contributed by atoms with Crippen LogP contribution in [0.25, 0.3) is 0 Å². The molecule has 1 aromatic rings. The largest absolute Gasteiger partial charge is 0.322 e. The highest BCUT2D eigenvalue weighted by atomic mass is 79.9. The summed E-state index contributed by atoms with van der Waals surface area (Å²) >= 11 is 9.13. The van der Waals surface area contributed by atoms with E-state index in [4.69, 9.17) is 17.3 Å². The smallest absolute Gasteiger partial charge is 0.244 e. The summed E-state index contributed by atoms with van der Waals surface area (Å²) in [5, 5.41) is 2.97. The number of hydrogen-bond acceptors (Lipinski definition) is 3. The van der Waals surface area contributed by atoms with Crippen molar-refractivity contribution in [1.82, 2.24) is 4.98 Å². The second-order valence-electron chi connectivity index (χ2n) is 3.96. The second-order valence-corrected chi connectivity index (χ2v) is 5.23. The maximum Gasteiger partial charge on any atom is 0.244 e. The van der Waals surface area contributed by atoms with Crippen molar-refractivity contribution in [3.63, 3.8) is 0 Å². The van der Waals surface area contributed by atoms with Gasteiger partial charge >= 0.3 is 0 Å². The van der Waals surface area contributed by atoms with Gasteiger partial charge < -0.3 is 11.1 Å². The summed E-state index contributed by atoms with van der Waals surface area (Å²) in [6.45, 7) is 0. The number of carbonyl (C=O) groups excluding carboxylic acids is 1. The van der Waals surface area contributed by atoms with Gasteiger partial charge in [-0.1, -0.05) is 11.6 Å². The molecule has 1 fully saturated rings. The van der Waals surface area contributed by atoms with Crippen LogP contribution in [0.3, 0.4) is 0 Å². The van der Waals surface area contributed by atoms with Gasteiger partial charge in [0.1, 0.15) is 0 Å². The molecule has 1 aromatic heterocycles. The fraction of sp³-hybridized carbons (Fsp3) is 0.400. The summed E-state index contributed by atoms with van der Waals surface area (Å²) in [7, 11) is 0. The van der Waals surface area contributed by atoms with Crippen molar-refractivity contribution >= 4 is 39.1 Å². The Labute approximate surface area is 107 Å². The zero-order valence-corrected chi connectivity index (χ0v) is 10.8. The Bertz CT molecular complexity index is 434. The first kappa shape index (κ1) is 11.8. The molecule has 86 valence electrons. The van der Waals surface area contributed by atoms with Gasteiger partial charge in [-0.15, -0.1) is 0 Å². The minimum absolute atomic E-state index is 0.194. The molecule has 0 saturated heterocycles. The molecule has 1 aliphatic rings. The molecule has 1 heterocycles. The van der Waals surface area contributed by atoms with Crippen LogP contribution in [-0.2, 0) is 4.79 Å². The Kier molecular flexibility index (Phi) is 3.19. The molecule has 3 N–H and O–H groups in total. The molecule has 0 atom stereocenters. The van der Waals surface area contributed by atoms with Gasteiger partial charge in [-0.2, -0.15) is 0 Å². The summed E-state index contributed by atoms with van der Waals surface area (Å²) < 4.78 is 0.756. The van der Waals surface area contributed by atoms with E-state index in [2.05, 4.69) is 26.2 Å². The highest BCUT2D eigenvalue weighted by Crippen LogP contribution is 2.31. The highest BCUT2D eigenvalue weighted by molar-refractivity contribution is 9.10. The van der Waals surface area contributed by atoms with Crippen LogP contribution in [-0.4, -0.2) is 16.4 Å². The van der Waals surface area contributed by atoms with Gasteiger partial charge in [-0.3, -0.25) is 4.79 Å². The summed E-state index contributed by atoms with van der Waals surface area (Å²) in [4.78, 5) is 15.8. The van der Waals surface area contributed by atoms with Crippen LogP contribution in [0.1, 0.15) is 19.3 Å². The number of nitrogens with zero attached hydrogens (tertiary/aromatic N) is 1. The topological polar surface area (TPSA) is 68.0 Å².